The van der Waals surface area contributed by atoms with Gasteiger partial charge in [-0.25, -0.2) is 4.98 Å². The lowest BCUT2D eigenvalue weighted by molar-refractivity contribution is -0.131. The molecule has 1 amide bonds. The second kappa shape index (κ2) is 9.08. The Kier molecular flexibility index (Phi) is 6.78. The molecular weight excluding hydrogens is 360 g/mol. The standard InChI is InChI=1S/C20H30N4O2S/c1-14(2)11-23-7-8-24(12-16(23)6-9-25)19(26)13-27-20-21-17-5-4-15(3)10-18(17)22-20/h4-5,10,14,16,25H,6-9,11-13H2,1-3H3,(H,21,22). The predicted octanol–water partition coefficient (Wildman–Crippen LogP) is 2.51. The molecule has 0 radical (unpaired) electrons. The smallest absolute Gasteiger partial charge is 0.233 e. The number of benzene rings is 1. The molecule has 27 heavy (non-hydrogen) atoms. The average molecular weight is 391 g/mol. The molecule has 1 aromatic carbocycles. The summed E-state index contributed by atoms with van der Waals surface area (Å²) in [5.74, 6) is 1.11. The first-order chi connectivity index (χ1) is 13.0. The van der Waals surface area contributed by atoms with Crippen LogP contribution in [0.2, 0.25) is 0 Å². The molecular formula is C20H30N4O2S. The van der Waals surface area contributed by atoms with Crippen molar-refractivity contribution in [3.05, 3.63) is 23.8 Å². The molecule has 1 unspecified atom stereocenters. The van der Waals surface area contributed by atoms with E-state index in [2.05, 4.69) is 41.7 Å². The number of piperazine rings is 1. The average Bonchev–Trinajstić information content (AvgIpc) is 3.03. The van der Waals surface area contributed by atoms with Crippen molar-refractivity contribution in [1.29, 1.82) is 0 Å². The fourth-order valence-electron chi connectivity index (χ4n) is 3.64. The maximum atomic E-state index is 12.7. The summed E-state index contributed by atoms with van der Waals surface area (Å²) in [6.07, 6.45) is 0.715. The first-order valence-electron chi connectivity index (χ1n) is 9.68. The van der Waals surface area contributed by atoms with Gasteiger partial charge in [0.2, 0.25) is 5.91 Å². The Labute approximate surface area is 165 Å². The van der Waals surface area contributed by atoms with Gasteiger partial charge in [-0.2, -0.15) is 0 Å². The van der Waals surface area contributed by atoms with E-state index in [4.69, 9.17) is 0 Å². The highest BCUT2D eigenvalue weighted by Gasteiger charge is 2.29. The summed E-state index contributed by atoms with van der Waals surface area (Å²) in [4.78, 5) is 24.9. The van der Waals surface area contributed by atoms with Gasteiger partial charge in [0.1, 0.15) is 0 Å². The van der Waals surface area contributed by atoms with Crippen LogP contribution in [-0.2, 0) is 4.79 Å². The number of aryl methyl sites for hydroxylation is 1. The number of thioether (sulfide) groups is 1. The number of aromatic nitrogens is 2. The lowest BCUT2D eigenvalue weighted by Crippen LogP contribution is -2.56. The summed E-state index contributed by atoms with van der Waals surface area (Å²) >= 11 is 1.46. The summed E-state index contributed by atoms with van der Waals surface area (Å²) in [6, 6.07) is 6.36. The number of rotatable bonds is 7. The SMILES string of the molecule is Cc1ccc2nc(SCC(=O)N3CCN(CC(C)C)C(CCO)C3)[nH]c2c1. The molecule has 6 nitrogen and oxygen atoms in total. The minimum Gasteiger partial charge on any atom is -0.396 e. The third kappa shape index (κ3) is 5.24. The van der Waals surface area contributed by atoms with Crippen molar-refractivity contribution < 1.29 is 9.90 Å². The van der Waals surface area contributed by atoms with Crippen LogP contribution in [0.25, 0.3) is 11.0 Å². The molecule has 148 valence electrons. The predicted molar refractivity (Wildman–Crippen MR) is 110 cm³/mol. The molecule has 1 saturated heterocycles. The normalized spacial score (nSPS) is 18.6. The molecule has 1 fully saturated rings. The van der Waals surface area contributed by atoms with Crippen LogP contribution >= 0.6 is 11.8 Å². The van der Waals surface area contributed by atoms with E-state index >= 15 is 0 Å². The number of amides is 1. The number of fused-ring (bicyclic) bond motifs is 1. The fourth-order valence-corrected chi connectivity index (χ4v) is 4.43. The summed E-state index contributed by atoms with van der Waals surface area (Å²) in [6.45, 7) is 9.98. The minimum absolute atomic E-state index is 0.142. The van der Waals surface area contributed by atoms with Crippen LogP contribution in [0, 0.1) is 12.8 Å². The van der Waals surface area contributed by atoms with E-state index < -0.39 is 0 Å². The van der Waals surface area contributed by atoms with E-state index in [0.29, 0.717) is 24.6 Å². The molecule has 1 atom stereocenters. The number of hydrogen-bond donors (Lipinski definition) is 2. The molecule has 0 saturated carbocycles. The Morgan fingerprint density at radius 1 is 1.41 bits per heavy atom. The van der Waals surface area contributed by atoms with Crippen molar-refractivity contribution in [3.63, 3.8) is 0 Å². The number of nitrogens with one attached hydrogen (secondary N) is 1. The van der Waals surface area contributed by atoms with E-state index in [1.165, 1.54) is 17.3 Å². The van der Waals surface area contributed by atoms with Crippen LogP contribution in [0.3, 0.4) is 0 Å². The molecule has 2 heterocycles. The van der Waals surface area contributed by atoms with Crippen molar-refractivity contribution in [1.82, 2.24) is 19.8 Å². The van der Waals surface area contributed by atoms with E-state index in [0.717, 1.165) is 35.8 Å². The fraction of sp³-hybridized carbons (Fsp3) is 0.600. The second-order valence-electron chi connectivity index (χ2n) is 7.75. The highest BCUT2D eigenvalue weighted by molar-refractivity contribution is 7.99. The van der Waals surface area contributed by atoms with Crippen LogP contribution < -0.4 is 0 Å². The zero-order valence-electron chi connectivity index (χ0n) is 16.4. The van der Waals surface area contributed by atoms with Gasteiger partial charge in [0, 0.05) is 38.8 Å². The van der Waals surface area contributed by atoms with E-state index in [-0.39, 0.29) is 18.6 Å². The van der Waals surface area contributed by atoms with Crippen LogP contribution in [0.4, 0.5) is 0 Å². The second-order valence-corrected chi connectivity index (χ2v) is 8.71. The maximum Gasteiger partial charge on any atom is 0.233 e. The van der Waals surface area contributed by atoms with E-state index in [1.54, 1.807) is 0 Å². The summed E-state index contributed by atoms with van der Waals surface area (Å²) < 4.78 is 0. The number of aromatic amines is 1. The molecule has 0 spiro atoms. The molecule has 0 bridgehead atoms. The topological polar surface area (TPSA) is 72.5 Å². The Hall–Kier alpha value is -1.57. The highest BCUT2D eigenvalue weighted by Crippen LogP contribution is 2.22. The maximum absolute atomic E-state index is 12.7. The molecule has 3 rings (SSSR count). The molecule has 2 N–H and O–H groups in total. The zero-order valence-corrected chi connectivity index (χ0v) is 17.3. The van der Waals surface area contributed by atoms with E-state index in [9.17, 15) is 9.90 Å². The number of H-pyrrole nitrogens is 1. The van der Waals surface area contributed by atoms with Gasteiger partial charge < -0.3 is 15.0 Å². The molecule has 2 aromatic rings. The minimum atomic E-state index is 0.142. The molecule has 1 aliphatic heterocycles. The zero-order chi connectivity index (χ0) is 19.4. The van der Waals surface area contributed by atoms with Crippen molar-refractivity contribution in [2.45, 2.75) is 38.4 Å². The number of carbonyl (C=O) groups excluding carboxylic acids is 1. The summed E-state index contributed by atoms with van der Waals surface area (Å²) in [7, 11) is 0. The summed E-state index contributed by atoms with van der Waals surface area (Å²) in [5, 5.41) is 10.2. The Morgan fingerprint density at radius 3 is 2.96 bits per heavy atom. The van der Waals surface area contributed by atoms with Gasteiger partial charge in [0.25, 0.3) is 0 Å². The monoisotopic (exact) mass is 390 g/mol. The largest absolute Gasteiger partial charge is 0.396 e. The first-order valence-corrected chi connectivity index (χ1v) is 10.7. The lowest BCUT2D eigenvalue weighted by Gasteiger charge is -2.42. The van der Waals surface area contributed by atoms with Gasteiger partial charge in [-0.1, -0.05) is 31.7 Å². The van der Waals surface area contributed by atoms with Crippen LogP contribution in [-0.4, -0.2) is 75.4 Å². The van der Waals surface area contributed by atoms with Crippen LogP contribution in [0.1, 0.15) is 25.8 Å². The number of nitrogens with zero attached hydrogens (tertiary/aromatic N) is 3. The number of imidazole rings is 1. The quantitative estimate of drug-likeness (QED) is 0.711. The van der Waals surface area contributed by atoms with Gasteiger partial charge in [-0.3, -0.25) is 9.69 Å². The van der Waals surface area contributed by atoms with Crippen molar-refractivity contribution in [2.24, 2.45) is 5.92 Å². The van der Waals surface area contributed by atoms with Crippen molar-refractivity contribution in [3.8, 4) is 0 Å². The third-order valence-corrected chi connectivity index (χ3v) is 5.83. The van der Waals surface area contributed by atoms with Gasteiger partial charge in [-0.05, 0) is 37.0 Å². The van der Waals surface area contributed by atoms with Crippen LogP contribution in [0.15, 0.2) is 23.4 Å². The number of hydrogen-bond acceptors (Lipinski definition) is 5. The third-order valence-electron chi connectivity index (χ3n) is 4.97. The van der Waals surface area contributed by atoms with Crippen LogP contribution in [0.5, 0.6) is 0 Å². The Balaban J connectivity index is 1.57. The highest BCUT2D eigenvalue weighted by atomic mass is 32.2. The van der Waals surface area contributed by atoms with Gasteiger partial charge in [0.05, 0.1) is 16.8 Å². The first kappa shape index (κ1) is 20.2. The van der Waals surface area contributed by atoms with E-state index in [1.807, 2.05) is 17.0 Å². The van der Waals surface area contributed by atoms with Gasteiger partial charge >= 0.3 is 0 Å². The summed E-state index contributed by atoms with van der Waals surface area (Å²) in [5.41, 5.74) is 3.13. The van der Waals surface area contributed by atoms with Crippen molar-refractivity contribution >= 4 is 28.7 Å². The molecule has 1 aromatic heterocycles. The van der Waals surface area contributed by atoms with Gasteiger partial charge in [0.15, 0.2) is 5.16 Å². The number of carbonyl (C=O) groups is 1. The van der Waals surface area contributed by atoms with Crippen molar-refractivity contribution in [2.75, 3.05) is 38.5 Å². The lowest BCUT2D eigenvalue weighted by atomic mass is 10.1. The molecule has 0 aliphatic carbocycles. The number of aliphatic hydroxyl groups is 1. The molecule has 1 aliphatic rings. The Bertz CT molecular complexity index is 776. The number of aliphatic hydroxyl groups excluding tert-OH is 1. The Morgan fingerprint density at radius 2 is 2.22 bits per heavy atom. The van der Waals surface area contributed by atoms with Gasteiger partial charge in [-0.15, -0.1) is 0 Å². The molecule has 7 heteroatoms.